The van der Waals surface area contributed by atoms with Crippen molar-refractivity contribution in [3.63, 3.8) is 0 Å². The topological polar surface area (TPSA) is 56.3 Å². The van der Waals surface area contributed by atoms with E-state index in [0.717, 1.165) is 0 Å². The van der Waals surface area contributed by atoms with Gasteiger partial charge >= 0.3 is 11.9 Å². The lowest BCUT2D eigenvalue weighted by Gasteiger charge is -2.05. The predicted octanol–water partition coefficient (Wildman–Crippen LogP) is 2.85. The predicted molar refractivity (Wildman–Crippen MR) is 64.4 cm³/mol. The number of hydrogen-bond donors (Lipinski definition) is 0. The minimum absolute atomic E-state index is 0.00455. The van der Waals surface area contributed by atoms with Crippen LogP contribution in [-0.4, -0.2) is 16.9 Å². The fourth-order valence-corrected chi connectivity index (χ4v) is 2.08. The number of aromatic nitrogens is 1. The van der Waals surface area contributed by atoms with Gasteiger partial charge in [-0.1, -0.05) is 23.7 Å². The molecule has 0 unspecified atom stereocenters. The average molecular weight is 278 g/mol. The van der Waals surface area contributed by atoms with Crippen LogP contribution >= 0.6 is 11.6 Å². The second-order valence-electron chi connectivity index (χ2n) is 3.87. The van der Waals surface area contributed by atoms with Gasteiger partial charge in [0, 0.05) is 5.56 Å². The zero-order valence-corrected chi connectivity index (χ0v) is 10.1. The van der Waals surface area contributed by atoms with E-state index in [1.165, 1.54) is 24.3 Å². The van der Waals surface area contributed by atoms with Crippen molar-refractivity contribution in [1.82, 2.24) is 4.98 Å². The Labute approximate surface area is 111 Å². The van der Waals surface area contributed by atoms with Gasteiger partial charge in [-0.15, -0.1) is 0 Å². The normalized spacial score (nSPS) is 13.4. The maximum atomic E-state index is 13.7. The number of pyridine rings is 1. The van der Waals surface area contributed by atoms with Crippen molar-refractivity contribution < 1.29 is 18.7 Å². The number of rotatable bonds is 1. The highest BCUT2D eigenvalue weighted by molar-refractivity contribution is 6.34. The van der Waals surface area contributed by atoms with Crippen molar-refractivity contribution in [3.8, 4) is 11.3 Å². The summed E-state index contributed by atoms with van der Waals surface area (Å²) in [6, 6.07) is 7.14. The summed E-state index contributed by atoms with van der Waals surface area (Å²) >= 11 is 5.98. The summed E-state index contributed by atoms with van der Waals surface area (Å²) in [6.45, 7) is 0. The molecule has 0 radical (unpaired) electrons. The van der Waals surface area contributed by atoms with Crippen LogP contribution < -0.4 is 0 Å². The monoisotopic (exact) mass is 277 g/mol. The third kappa shape index (κ3) is 1.79. The third-order valence-electron chi connectivity index (χ3n) is 2.70. The highest BCUT2D eigenvalue weighted by Gasteiger charge is 2.33. The van der Waals surface area contributed by atoms with Crippen molar-refractivity contribution >= 4 is 23.5 Å². The Kier molecular flexibility index (Phi) is 2.57. The maximum Gasteiger partial charge on any atom is 0.365 e. The smallest absolute Gasteiger partial charge is 0.365 e. The molecular weight excluding hydrogens is 273 g/mol. The number of benzene rings is 1. The number of esters is 2. The van der Waals surface area contributed by atoms with Crippen molar-refractivity contribution in [3.05, 3.63) is 52.4 Å². The molecule has 0 fully saturated rings. The van der Waals surface area contributed by atoms with Crippen molar-refractivity contribution in [2.24, 2.45) is 0 Å². The molecule has 1 aliphatic heterocycles. The van der Waals surface area contributed by atoms with Gasteiger partial charge in [0.05, 0.1) is 16.3 Å². The molecule has 0 N–H and O–H groups in total. The second kappa shape index (κ2) is 4.13. The van der Waals surface area contributed by atoms with Crippen molar-refractivity contribution in [1.29, 1.82) is 0 Å². The van der Waals surface area contributed by atoms with Crippen molar-refractivity contribution in [2.75, 3.05) is 0 Å². The second-order valence-corrected chi connectivity index (χ2v) is 4.28. The van der Waals surface area contributed by atoms with Gasteiger partial charge in [-0.05, 0) is 18.2 Å². The van der Waals surface area contributed by atoms with Gasteiger partial charge in [0.15, 0.2) is 5.69 Å². The molecule has 0 aliphatic carbocycles. The average Bonchev–Trinajstić information content (AvgIpc) is 2.65. The Morgan fingerprint density at radius 1 is 1.05 bits per heavy atom. The van der Waals surface area contributed by atoms with Gasteiger partial charge in [0.1, 0.15) is 5.82 Å². The van der Waals surface area contributed by atoms with Gasteiger partial charge in [-0.3, -0.25) is 0 Å². The molecule has 4 nitrogen and oxygen atoms in total. The summed E-state index contributed by atoms with van der Waals surface area (Å²) in [5, 5.41) is 0.0792. The first kappa shape index (κ1) is 11.8. The number of ether oxygens (including phenoxy) is 1. The molecule has 0 spiro atoms. The van der Waals surface area contributed by atoms with Gasteiger partial charge in [0.25, 0.3) is 0 Å². The molecule has 0 saturated carbocycles. The first-order chi connectivity index (χ1) is 9.08. The van der Waals surface area contributed by atoms with E-state index in [4.69, 9.17) is 11.6 Å². The molecule has 0 amide bonds. The van der Waals surface area contributed by atoms with Gasteiger partial charge in [-0.25, -0.2) is 19.0 Å². The number of fused-ring (bicyclic) bond motifs is 1. The number of halogens is 2. The van der Waals surface area contributed by atoms with Crippen LogP contribution in [0.4, 0.5) is 4.39 Å². The van der Waals surface area contributed by atoms with E-state index in [1.807, 2.05) is 0 Å². The summed E-state index contributed by atoms with van der Waals surface area (Å²) in [6.07, 6.45) is 0. The molecular formula is C13H5ClFNO3. The number of carbonyl (C=O) groups excluding carboxylic acids is 2. The maximum absolute atomic E-state index is 13.7. The zero-order chi connectivity index (χ0) is 13.6. The molecule has 2 heterocycles. The Bertz CT molecular complexity index is 730. The Hall–Kier alpha value is -2.27. The van der Waals surface area contributed by atoms with Crippen LogP contribution in [0.2, 0.25) is 5.02 Å². The van der Waals surface area contributed by atoms with Gasteiger partial charge < -0.3 is 4.74 Å². The number of carbonyl (C=O) groups is 2. The molecule has 0 saturated heterocycles. The molecule has 94 valence electrons. The van der Waals surface area contributed by atoms with Gasteiger partial charge in [-0.2, -0.15) is 0 Å². The fraction of sp³-hybridized carbons (Fsp3) is 0. The fourth-order valence-electron chi connectivity index (χ4n) is 1.83. The van der Waals surface area contributed by atoms with Crippen LogP contribution in [0, 0.1) is 5.82 Å². The van der Waals surface area contributed by atoms with E-state index in [1.54, 1.807) is 6.07 Å². The lowest BCUT2D eigenvalue weighted by atomic mass is 10.1. The lowest BCUT2D eigenvalue weighted by molar-refractivity contribution is 0.0441. The van der Waals surface area contributed by atoms with Crippen LogP contribution in [0.3, 0.4) is 0 Å². The minimum Gasteiger partial charge on any atom is -0.384 e. The van der Waals surface area contributed by atoms with E-state index >= 15 is 0 Å². The summed E-state index contributed by atoms with van der Waals surface area (Å²) in [5.41, 5.74) is 0.107. The molecule has 19 heavy (non-hydrogen) atoms. The highest BCUT2D eigenvalue weighted by Crippen LogP contribution is 2.32. The summed E-state index contributed by atoms with van der Waals surface area (Å²) in [4.78, 5) is 26.7. The Balaban J connectivity index is 2.25. The number of hydrogen-bond acceptors (Lipinski definition) is 4. The summed E-state index contributed by atoms with van der Waals surface area (Å²) in [7, 11) is 0. The van der Waals surface area contributed by atoms with E-state index in [0.29, 0.717) is 0 Å². The van der Waals surface area contributed by atoms with E-state index in [-0.39, 0.29) is 27.5 Å². The van der Waals surface area contributed by atoms with E-state index in [2.05, 4.69) is 9.72 Å². The van der Waals surface area contributed by atoms with Gasteiger partial charge in [0.2, 0.25) is 0 Å². The lowest BCUT2D eigenvalue weighted by Crippen LogP contribution is -2.00. The standard InChI is InChI=1S/C13H5ClFNO3/c14-8-5-7-11(13(18)19-12(7)17)16-10(8)6-3-1-2-4-9(6)15/h1-5H. The van der Waals surface area contributed by atoms with E-state index < -0.39 is 17.8 Å². The Morgan fingerprint density at radius 3 is 2.53 bits per heavy atom. The van der Waals surface area contributed by atoms with E-state index in [9.17, 15) is 14.0 Å². The first-order valence-electron chi connectivity index (χ1n) is 5.30. The zero-order valence-electron chi connectivity index (χ0n) is 9.31. The number of cyclic esters (lactones) is 2. The van der Waals surface area contributed by atoms with Crippen LogP contribution in [0.15, 0.2) is 30.3 Å². The van der Waals surface area contributed by atoms with Crippen LogP contribution in [0.25, 0.3) is 11.3 Å². The quantitative estimate of drug-likeness (QED) is 0.594. The minimum atomic E-state index is -0.853. The first-order valence-corrected chi connectivity index (χ1v) is 5.67. The molecule has 1 aromatic carbocycles. The van der Waals surface area contributed by atoms with Crippen molar-refractivity contribution in [2.45, 2.75) is 0 Å². The Morgan fingerprint density at radius 2 is 1.79 bits per heavy atom. The summed E-state index contributed by atoms with van der Waals surface area (Å²) < 4.78 is 18.1. The number of nitrogens with zero attached hydrogens (tertiary/aromatic N) is 1. The largest absolute Gasteiger partial charge is 0.384 e. The molecule has 3 rings (SSSR count). The molecule has 0 atom stereocenters. The molecule has 1 aliphatic rings. The van der Waals surface area contributed by atoms with Crippen LogP contribution in [0.1, 0.15) is 20.8 Å². The summed E-state index contributed by atoms with van der Waals surface area (Å²) in [5.74, 6) is -2.17. The molecule has 2 aromatic rings. The highest BCUT2D eigenvalue weighted by atomic mass is 35.5. The molecule has 6 heteroatoms. The molecule has 1 aromatic heterocycles. The van der Waals surface area contributed by atoms with Crippen LogP contribution in [-0.2, 0) is 4.74 Å². The van der Waals surface area contributed by atoms with Crippen LogP contribution in [0.5, 0.6) is 0 Å². The SMILES string of the molecule is O=C1OC(=O)c2nc(-c3ccccc3F)c(Cl)cc21. The molecule has 0 bridgehead atoms. The third-order valence-corrected chi connectivity index (χ3v) is 2.99.